The van der Waals surface area contributed by atoms with Crippen LogP contribution >= 0.6 is 0 Å². The molecule has 3 aromatic rings. The molecule has 0 N–H and O–H groups in total. The molecule has 0 bridgehead atoms. The van der Waals surface area contributed by atoms with Gasteiger partial charge in [-0.1, -0.05) is 36.9 Å². The molecule has 5 nitrogen and oxygen atoms in total. The third-order valence-corrected chi connectivity index (χ3v) is 4.69. The summed E-state index contributed by atoms with van der Waals surface area (Å²) in [5.74, 6) is -18.6. The molecule has 1 heterocycles. The quantitative estimate of drug-likeness (QED) is 0.174. The van der Waals surface area contributed by atoms with Crippen LogP contribution in [0.4, 0.5) is 26.3 Å². The molecule has 34 heavy (non-hydrogen) atoms. The number of hydrogen-bond donors (Lipinski definition) is 0. The molecule has 0 spiro atoms. The monoisotopic (exact) mass is 486 g/mol. The van der Waals surface area contributed by atoms with Crippen molar-refractivity contribution in [2.75, 3.05) is 13.2 Å². The molecule has 1 aromatic heterocycles. The fourth-order valence-corrected chi connectivity index (χ4v) is 2.84. The first-order chi connectivity index (χ1) is 15.9. The summed E-state index contributed by atoms with van der Waals surface area (Å²) in [5.41, 5.74) is -0.0484. The number of carbonyl (C=O) groups is 1. The van der Waals surface area contributed by atoms with Crippen LogP contribution in [0.1, 0.15) is 0 Å². The van der Waals surface area contributed by atoms with E-state index in [4.69, 9.17) is 4.42 Å². The molecular formula is C23H16F6O5. The van der Waals surface area contributed by atoms with Gasteiger partial charge in [0.2, 0.25) is 0 Å². The van der Waals surface area contributed by atoms with E-state index in [1.807, 2.05) is 0 Å². The molecule has 11 heteroatoms. The van der Waals surface area contributed by atoms with E-state index in [1.54, 1.807) is 30.3 Å². The van der Waals surface area contributed by atoms with E-state index >= 15 is 0 Å². The van der Waals surface area contributed by atoms with Gasteiger partial charge in [-0.3, -0.25) is 0 Å². The van der Waals surface area contributed by atoms with Crippen LogP contribution in [-0.4, -0.2) is 37.0 Å². The lowest BCUT2D eigenvalue weighted by atomic mass is 10.1. The molecule has 0 saturated heterocycles. The minimum Gasteiger partial charge on any atom is -0.487 e. The van der Waals surface area contributed by atoms with Crippen molar-refractivity contribution in [2.45, 2.75) is 17.8 Å². The molecule has 180 valence electrons. The molecule has 0 saturated carbocycles. The Bertz CT molecular complexity index is 1250. The molecule has 0 aliphatic heterocycles. The van der Waals surface area contributed by atoms with E-state index in [9.17, 15) is 35.9 Å². The average Bonchev–Trinajstić information content (AvgIpc) is 2.81. The van der Waals surface area contributed by atoms with E-state index < -0.39 is 48.3 Å². The molecule has 2 aromatic carbocycles. The van der Waals surface area contributed by atoms with Crippen LogP contribution in [0.2, 0.25) is 0 Å². The Morgan fingerprint density at radius 3 is 2.24 bits per heavy atom. The van der Waals surface area contributed by atoms with Gasteiger partial charge in [0.25, 0.3) is 0 Å². The SMILES string of the molecule is C=CC(=O)OCC(F)(F)C(F)(F)C(F)(F)COc1ccc2cc(-c3ccccc3)c(=O)oc2c1. The summed E-state index contributed by atoms with van der Waals surface area (Å²) < 4.78 is 96.8. The van der Waals surface area contributed by atoms with Gasteiger partial charge in [0.15, 0.2) is 13.2 Å². The first kappa shape index (κ1) is 24.9. The van der Waals surface area contributed by atoms with Crippen molar-refractivity contribution < 1.29 is 45.0 Å². The van der Waals surface area contributed by atoms with E-state index in [0.717, 1.165) is 12.1 Å². The molecule has 0 atom stereocenters. The summed E-state index contributed by atoms with van der Waals surface area (Å²) >= 11 is 0. The van der Waals surface area contributed by atoms with Gasteiger partial charge in [-0.15, -0.1) is 0 Å². The summed E-state index contributed by atoms with van der Waals surface area (Å²) in [4.78, 5) is 23.1. The van der Waals surface area contributed by atoms with E-state index in [1.165, 1.54) is 12.1 Å². The molecule has 0 aliphatic rings. The summed E-state index contributed by atoms with van der Waals surface area (Å²) in [6.07, 6.45) is 0.413. The van der Waals surface area contributed by atoms with E-state index in [0.29, 0.717) is 17.0 Å². The zero-order valence-electron chi connectivity index (χ0n) is 17.2. The van der Waals surface area contributed by atoms with Crippen molar-refractivity contribution in [1.82, 2.24) is 0 Å². The van der Waals surface area contributed by atoms with Gasteiger partial charge in [-0.25, -0.2) is 9.59 Å². The summed E-state index contributed by atoms with van der Waals surface area (Å²) in [6.45, 7) is -1.54. The third kappa shape index (κ3) is 4.92. The highest BCUT2D eigenvalue weighted by Gasteiger charge is 2.72. The fourth-order valence-electron chi connectivity index (χ4n) is 2.84. The number of rotatable bonds is 9. The maximum atomic E-state index is 14.0. The minimum absolute atomic E-state index is 0.0982. The predicted molar refractivity (Wildman–Crippen MR) is 109 cm³/mol. The van der Waals surface area contributed by atoms with Gasteiger partial charge in [0, 0.05) is 17.5 Å². The number of alkyl halides is 6. The molecule has 0 fully saturated rings. The van der Waals surface area contributed by atoms with Gasteiger partial charge in [-0.2, -0.15) is 26.3 Å². The van der Waals surface area contributed by atoms with Crippen LogP contribution < -0.4 is 10.4 Å². The van der Waals surface area contributed by atoms with Crippen LogP contribution in [0.25, 0.3) is 22.1 Å². The number of benzene rings is 2. The minimum atomic E-state index is -5.92. The lowest BCUT2D eigenvalue weighted by Crippen LogP contribution is -2.58. The molecular weight excluding hydrogens is 470 g/mol. The van der Waals surface area contributed by atoms with Gasteiger partial charge < -0.3 is 13.9 Å². The number of hydrogen-bond acceptors (Lipinski definition) is 5. The maximum Gasteiger partial charge on any atom is 0.378 e. The third-order valence-electron chi connectivity index (χ3n) is 4.69. The van der Waals surface area contributed by atoms with E-state index in [-0.39, 0.29) is 11.1 Å². The molecule has 3 rings (SSSR count). The van der Waals surface area contributed by atoms with Gasteiger partial charge >= 0.3 is 29.4 Å². The zero-order valence-corrected chi connectivity index (χ0v) is 17.2. The standard InChI is InChI=1S/C23H16F6O5/c1-2-19(30)33-13-22(26,27)23(28,29)21(24,25)12-32-16-9-8-15-10-17(14-6-4-3-5-7-14)20(31)34-18(15)11-16/h2-11H,1,12-13H2. The number of halogens is 6. The smallest absolute Gasteiger partial charge is 0.378 e. The Kier molecular flexibility index (Phi) is 6.76. The van der Waals surface area contributed by atoms with Gasteiger partial charge in [0.1, 0.15) is 11.3 Å². The van der Waals surface area contributed by atoms with Crippen molar-refractivity contribution in [3.8, 4) is 16.9 Å². The fraction of sp³-hybridized carbons (Fsp3) is 0.217. The summed E-state index contributed by atoms with van der Waals surface area (Å²) in [6, 6.07) is 13.4. The second-order valence-corrected chi connectivity index (χ2v) is 7.10. The zero-order chi connectivity index (χ0) is 25.1. The van der Waals surface area contributed by atoms with Crippen molar-refractivity contribution in [3.63, 3.8) is 0 Å². The molecule has 0 radical (unpaired) electrons. The first-order valence-electron chi connectivity index (χ1n) is 9.57. The topological polar surface area (TPSA) is 65.7 Å². The highest BCUT2D eigenvalue weighted by Crippen LogP contribution is 2.46. The lowest BCUT2D eigenvalue weighted by Gasteiger charge is -2.32. The van der Waals surface area contributed by atoms with Crippen molar-refractivity contribution in [2.24, 2.45) is 0 Å². The van der Waals surface area contributed by atoms with E-state index in [2.05, 4.69) is 16.1 Å². The summed E-state index contributed by atoms with van der Waals surface area (Å²) in [7, 11) is 0. The molecule has 0 amide bonds. The predicted octanol–water partition coefficient (Wildman–Crippen LogP) is 5.47. The van der Waals surface area contributed by atoms with Crippen molar-refractivity contribution in [1.29, 1.82) is 0 Å². The Labute approximate surface area is 188 Å². The van der Waals surface area contributed by atoms with Gasteiger partial charge in [0.05, 0.1) is 5.56 Å². The Morgan fingerprint density at radius 2 is 1.59 bits per heavy atom. The first-order valence-corrected chi connectivity index (χ1v) is 9.57. The van der Waals surface area contributed by atoms with Crippen LogP contribution in [0, 0.1) is 0 Å². The highest BCUT2D eigenvalue weighted by molar-refractivity contribution is 5.82. The normalized spacial score (nSPS) is 12.4. The lowest BCUT2D eigenvalue weighted by molar-refractivity contribution is -0.322. The van der Waals surface area contributed by atoms with Crippen LogP contribution in [0.15, 0.2) is 76.5 Å². The Hall–Kier alpha value is -3.76. The molecule has 0 aliphatic carbocycles. The number of fused-ring (bicyclic) bond motifs is 1. The number of ether oxygens (including phenoxy) is 2. The highest BCUT2D eigenvalue weighted by atomic mass is 19.3. The maximum absolute atomic E-state index is 14.0. The number of carbonyl (C=O) groups excluding carboxylic acids is 1. The Balaban J connectivity index is 1.79. The second kappa shape index (κ2) is 9.24. The van der Waals surface area contributed by atoms with Crippen molar-refractivity contribution in [3.05, 3.63) is 77.7 Å². The molecule has 0 unspecified atom stereocenters. The van der Waals surface area contributed by atoms with Crippen molar-refractivity contribution >= 4 is 16.9 Å². The van der Waals surface area contributed by atoms with Crippen LogP contribution in [-0.2, 0) is 9.53 Å². The van der Waals surface area contributed by atoms with Crippen LogP contribution in [0.5, 0.6) is 5.75 Å². The number of esters is 1. The van der Waals surface area contributed by atoms with Gasteiger partial charge in [-0.05, 0) is 23.8 Å². The van der Waals surface area contributed by atoms with Crippen LogP contribution in [0.3, 0.4) is 0 Å². The summed E-state index contributed by atoms with van der Waals surface area (Å²) in [5, 5.41) is 0.374. The Morgan fingerprint density at radius 1 is 0.941 bits per heavy atom. The largest absolute Gasteiger partial charge is 0.487 e. The second-order valence-electron chi connectivity index (χ2n) is 7.10. The average molecular weight is 486 g/mol.